The van der Waals surface area contributed by atoms with Crippen molar-refractivity contribution < 1.29 is 28.5 Å². The highest BCUT2D eigenvalue weighted by Crippen LogP contribution is 2.48. The second kappa shape index (κ2) is 7.03. The van der Waals surface area contributed by atoms with Gasteiger partial charge in [-0.1, -0.05) is 26.8 Å². The Kier molecular flexibility index (Phi) is 5.48. The van der Waals surface area contributed by atoms with E-state index in [2.05, 4.69) is 33.9 Å². The number of aliphatic hydroxyl groups excluding tert-OH is 1. The van der Waals surface area contributed by atoms with Crippen LogP contribution in [0.1, 0.15) is 20.8 Å². The monoisotopic (exact) mass is 372 g/mol. The van der Waals surface area contributed by atoms with Gasteiger partial charge in [0.2, 0.25) is 0 Å². The van der Waals surface area contributed by atoms with E-state index < -0.39 is 14.4 Å². The molecule has 2 fully saturated rings. The van der Waals surface area contributed by atoms with Gasteiger partial charge in [0.05, 0.1) is 25.4 Å². The molecule has 25 heavy (non-hydrogen) atoms. The third-order valence-electron chi connectivity index (χ3n) is 6.18. The van der Waals surface area contributed by atoms with Crippen LogP contribution in [0.15, 0.2) is 11.6 Å². The second-order valence-corrected chi connectivity index (χ2v) is 13.6. The molecule has 7 heteroatoms. The van der Waals surface area contributed by atoms with Gasteiger partial charge in [0.15, 0.2) is 14.6 Å². The van der Waals surface area contributed by atoms with Crippen LogP contribution in [0.2, 0.25) is 18.1 Å². The molecule has 2 saturated heterocycles. The van der Waals surface area contributed by atoms with Crippen LogP contribution < -0.4 is 0 Å². The van der Waals surface area contributed by atoms with Gasteiger partial charge in [-0.15, -0.1) is 0 Å². The van der Waals surface area contributed by atoms with Crippen molar-refractivity contribution in [2.24, 2.45) is 11.8 Å². The van der Waals surface area contributed by atoms with Crippen LogP contribution in [0, 0.1) is 11.8 Å². The van der Waals surface area contributed by atoms with Crippen molar-refractivity contribution in [1.29, 1.82) is 0 Å². The summed E-state index contributed by atoms with van der Waals surface area (Å²) in [6, 6.07) is 0. The van der Waals surface area contributed by atoms with E-state index in [1.807, 2.05) is 6.08 Å². The maximum atomic E-state index is 10.6. The van der Waals surface area contributed by atoms with Crippen LogP contribution in [0.25, 0.3) is 0 Å². The maximum absolute atomic E-state index is 10.6. The zero-order valence-corrected chi connectivity index (χ0v) is 17.2. The summed E-state index contributed by atoms with van der Waals surface area (Å²) in [4.78, 5) is 0. The molecule has 0 aromatic heterocycles. The minimum atomic E-state index is -1.91. The van der Waals surface area contributed by atoms with Crippen molar-refractivity contribution in [3.8, 4) is 0 Å². The molecule has 6 atom stereocenters. The van der Waals surface area contributed by atoms with Crippen LogP contribution in [0.5, 0.6) is 0 Å². The molecule has 0 unspecified atom stereocenters. The fraction of sp³-hybridized carbons (Fsp3) is 0.889. The predicted octanol–water partition coefficient (Wildman–Crippen LogP) is 2.29. The van der Waals surface area contributed by atoms with Gasteiger partial charge >= 0.3 is 0 Å². The SMILES string of the molecule is COCO[C@H]1[C@@H]2[C@H]3C(=C[C@@H]2O)CO[C@H]3O[C@@H]1CO[Si](C)(C)C(C)(C)C. The highest BCUT2D eigenvalue weighted by atomic mass is 28.4. The third kappa shape index (κ3) is 3.60. The molecule has 0 spiro atoms. The van der Waals surface area contributed by atoms with Gasteiger partial charge < -0.3 is 28.5 Å². The Hall–Kier alpha value is -0.283. The normalized spacial score (nSPS) is 38.0. The molecule has 6 nitrogen and oxygen atoms in total. The fourth-order valence-electron chi connectivity index (χ4n) is 3.71. The molecule has 0 bridgehead atoms. The summed E-state index contributed by atoms with van der Waals surface area (Å²) in [5.41, 5.74) is 1.12. The molecule has 3 aliphatic rings. The van der Waals surface area contributed by atoms with Crippen molar-refractivity contribution in [2.45, 2.75) is 63.5 Å². The topological polar surface area (TPSA) is 66.4 Å². The van der Waals surface area contributed by atoms with Gasteiger partial charge in [0, 0.05) is 18.9 Å². The average molecular weight is 373 g/mol. The van der Waals surface area contributed by atoms with Crippen LogP contribution in [0.4, 0.5) is 0 Å². The van der Waals surface area contributed by atoms with E-state index in [1.165, 1.54) is 0 Å². The first kappa shape index (κ1) is 19.5. The Morgan fingerprint density at radius 2 is 2.04 bits per heavy atom. The number of ether oxygens (including phenoxy) is 4. The lowest BCUT2D eigenvalue weighted by Gasteiger charge is -2.44. The third-order valence-corrected chi connectivity index (χ3v) is 10.7. The van der Waals surface area contributed by atoms with Gasteiger partial charge in [0.25, 0.3) is 0 Å². The summed E-state index contributed by atoms with van der Waals surface area (Å²) in [5, 5.41) is 10.7. The van der Waals surface area contributed by atoms with Gasteiger partial charge in [-0.3, -0.25) is 0 Å². The van der Waals surface area contributed by atoms with Gasteiger partial charge in [-0.05, 0) is 23.7 Å². The highest BCUT2D eigenvalue weighted by Gasteiger charge is 2.56. The van der Waals surface area contributed by atoms with E-state index in [1.54, 1.807) is 7.11 Å². The molecule has 144 valence electrons. The van der Waals surface area contributed by atoms with Gasteiger partial charge in [-0.2, -0.15) is 0 Å². The number of aliphatic hydroxyl groups is 1. The summed E-state index contributed by atoms with van der Waals surface area (Å²) in [6.07, 6.45) is 0.489. The molecule has 1 N–H and O–H groups in total. The van der Waals surface area contributed by atoms with E-state index >= 15 is 0 Å². The van der Waals surface area contributed by atoms with Crippen molar-refractivity contribution in [2.75, 3.05) is 27.1 Å². The zero-order valence-electron chi connectivity index (χ0n) is 16.2. The second-order valence-electron chi connectivity index (χ2n) is 8.80. The molecule has 0 saturated carbocycles. The minimum absolute atomic E-state index is 0.0700. The molecule has 0 amide bonds. The molecular weight excluding hydrogens is 340 g/mol. The molecule has 2 aliphatic heterocycles. The summed E-state index contributed by atoms with van der Waals surface area (Å²) < 4.78 is 29.4. The van der Waals surface area contributed by atoms with Crippen molar-refractivity contribution in [3.05, 3.63) is 11.6 Å². The Bertz CT molecular complexity index is 514. The molecular formula is C18H32O6Si. The summed E-state index contributed by atoms with van der Waals surface area (Å²) in [7, 11) is -0.307. The molecule has 0 aromatic carbocycles. The van der Waals surface area contributed by atoms with E-state index in [0.29, 0.717) is 13.2 Å². The summed E-state index contributed by atoms with van der Waals surface area (Å²) in [6.45, 7) is 12.2. The highest BCUT2D eigenvalue weighted by molar-refractivity contribution is 6.74. The predicted molar refractivity (Wildman–Crippen MR) is 95.6 cm³/mol. The van der Waals surface area contributed by atoms with Crippen molar-refractivity contribution in [3.63, 3.8) is 0 Å². The fourth-order valence-corrected chi connectivity index (χ4v) is 4.72. The molecule has 0 radical (unpaired) electrons. The quantitative estimate of drug-likeness (QED) is 0.438. The number of rotatable bonds is 6. The number of hydrogen-bond acceptors (Lipinski definition) is 6. The van der Waals surface area contributed by atoms with E-state index in [9.17, 15) is 5.11 Å². The standard InChI is InChI=1S/C18H32O6Si/c1-18(2,3)25(5,6)23-9-13-16(22-10-20-4)15-12(19)7-11-8-21-17(24-13)14(11)15/h7,12-17,19H,8-10H2,1-6H3/t12-,13+,14+,15-,16+,17-/m0/s1. The van der Waals surface area contributed by atoms with E-state index in [0.717, 1.165) is 5.57 Å². The molecule has 0 aromatic rings. The Morgan fingerprint density at radius 1 is 1.32 bits per heavy atom. The first-order valence-electron chi connectivity index (χ1n) is 9.06. The van der Waals surface area contributed by atoms with Crippen LogP contribution in [0.3, 0.4) is 0 Å². The van der Waals surface area contributed by atoms with E-state index in [-0.39, 0.29) is 42.2 Å². The molecule has 2 heterocycles. The zero-order chi connectivity index (χ0) is 18.4. The number of methoxy groups -OCH3 is 1. The van der Waals surface area contributed by atoms with Crippen LogP contribution in [-0.4, -0.2) is 65.1 Å². The average Bonchev–Trinajstić information content (AvgIpc) is 3.06. The Morgan fingerprint density at radius 3 is 2.68 bits per heavy atom. The lowest BCUT2D eigenvalue weighted by molar-refractivity contribution is -0.269. The summed E-state index contributed by atoms with van der Waals surface area (Å²) in [5.74, 6) is 0.000364. The lowest BCUT2D eigenvalue weighted by Crippen LogP contribution is -2.56. The first-order valence-corrected chi connectivity index (χ1v) is 12.0. The lowest BCUT2D eigenvalue weighted by atomic mass is 9.81. The van der Waals surface area contributed by atoms with Gasteiger partial charge in [-0.25, -0.2) is 0 Å². The minimum Gasteiger partial charge on any atom is -0.414 e. The van der Waals surface area contributed by atoms with Gasteiger partial charge in [0.1, 0.15) is 12.9 Å². The summed E-state index contributed by atoms with van der Waals surface area (Å²) >= 11 is 0. The van der Waals surface area contributed by atoms with Crippen molar-refractivity contribution >= 4 is 8.32 Å². The largest absolute Gasteiger partial charge is 0.414 e. The van der Waals surface area contributed by atoms with Crippen LogP contribution in [-0.2, 0) is 23.4 Å². The maximum Gasteiger partial charge on any atom is 0.192 e. The Balaban J connectivity index is 1.75. The number of hydrogen-bond donors (Lipinski definition) is 1. The molecule has 1 aliphatic carbocycles. The first-order chi connectivity index (χ1) is 11.7. The molecule has 3 rings (SSSR count). The Labute approximate surface area is 151 Å². The smallest absolute Gasteiger partial charge is 0.192 e. The van der Waals surface area contributed by atoms with E-state index in [4.69, 9.17) is 23.4 Å². The van der Waals surface area contributed by atoms with Crippen LogP contribution >= 0.6 is 0 Å². The van der Waals surface area contributed by atoms with Crippen molar-refractivity contribution in [1.82, 2.24) is 0 Å².